The average molecular weight is 629 g/mol. The summed E-state index contributed by atoms with van der Waals surface area (Å²) in [6.07, 6.45) is -4.77. The van der Waals surface area contributed by atoms with Crippen LogP contribution >= 0.6 is 0 Å². The molecule has 1 aromatic carbocycles. The molecule has 3 saturated carbocycles. The van der Waals surface area contributed by atoms with Crippen molar-refractivity contribution in [2.45, 2.75) is 127 Å². The minimum Gasteiger partial charge on any atom is -0.386 e. The lowest BCUT2D eigenvalue weighted by atomic mass is 9.49. The lowest BCUT2D eigenvalue weighted by molar-refractivity contribution is -0.362. The van der Waals surface area contributed by atoms with Gasteiger partial charge in [-0.1, -0.05) is 50.6 Å². The predicted molar refractivity (Wildman–Crippen MR) is 153 cm³/mol. The lowest BCUT2D eigenvalue weighted by Gasteiger charge is -2.59. The fourth-order valence-electron chi connectivity index (χ4n) is 9.43. The maximum absolute atomic E-state index is 15.3. The molecule has 44 heavy (non-hydrogen) atoms. The monoisotopic (exact) mass is 628 g/mol. The maximum atomic E-state index is 15.3. The molecule has 0 aromatic heterocycles. The minimum atomic E-state index is -5.90. The molecule has 246 valence electrons. The largest absolute Gasteiger partial charge is 0.456 e. The van der Waals surface area contributed by atoms with Gasteiger partial charge in [0.05, 0.1) is 24.4 Å². The van der Waals surface area contributed by atoms with Gasteiger partial charge < -0.3 is 24.8 Å². The van der Waals surface area contributed by atoms with Crippen molar-refractivity contribution >= 4 is 0 Å². The van der Waals surface area contributed by atoms with Crippen LogP contribution in [0.3, 0.4) is 0 Å². The standard InChI is InChI=1S/C34H45F5O5/c1-27(2)18-43-31(44-19-27)14-11-25-26-22(10-13-30(25,41)17-31)24-12-15-32(42,33(35,36)34(37,38)39)29(24,5)16-23(26)20-6-8-21(9-7-20)28(3,4)40/h6-9,22-24,40-42H,10-19H2,1-5H3/t22?,23-,24?,29+,30?,32+/m1/s1. The first-order chi connectivity index (χ1) is 20.1. The first-order valence-corrected chi connectivity index (χ1v) is 15.8. The van der Waals surface area contributed by atoms with Gasteiger partial charge in [0.1, 0.15) is 5.60 Å². The quantitative estimate of drug-likeness (QED) is 0.245. The third kappa shape index (κ3) is 4.63. The average Bonchev–Trinajstić information content (AvgIpc) is 3.20. The Kier molecular flexibility index (Phi) is 7.15. The molecule has 1 heterocycles. The summed E-state index contributed by atoms with van der Waals surface area (Å²) in [6, 6.07) is 7.06. The fourth-order valence-corrected chi connectivity index (χ4v) is 9.43. The summed E-state index contributed by atoms with van der Waals surface area (Å²) >= 11 is 0. The minimum absolute atomic E-state index is 0.0359. The molecule has 4 fully saturated rings. The van der Waals surface area contributed by atoms with Gasteiger partial charge in [0, 0.05) is 29.6 Å². The Bertz CT molecular complexity index is 1320. The molecule has 4 aliphatic carbocycles. The molecule has 1 spiro atoms. The third-order valence-electron chi connectivity index (χ3n) is 11.9. The molecule has 1 aromatic rings. The van der Waals surface area contributed by atoms with Gasteiger partial charge in [0.2, 0.25) is 0 Å². The van der Waals surface area contributed by atoms with Gasteiger partial charge in [-0.2, -0.15) is 22.0 Å². The van der Waals surface area contributed by atoms with Gasteiger partial charge in [0.15, 0.2) is 5.79 Å². The van der Waals surface area contributed by atoms with E-state index in [2.05, 4.69) is 0 Å². The van der Waals surface area contributed by atoms with Crippen LogP contribution in [0.4, 0.5) is 22.0 Å². The van der Waals surface area contributed by atoms with E-state index < -0.39 is 58.4 Å². The van der Waals surface area contributed by atoms with Crippen molar-refractivity contribution in [1.29, 1.82) is 0 Å². The summed E-state index contributed by atoms with van der Waals surface area (Å²) in [6.45, 7) is 9.76. The van der Waals surface area contributed by atoms with Crippen LogP contribution in [-0.4, -0.2) is 57.6 Å². The highest BCUT2D eigenvalue weighted by molar-refractivity contribution is 5.45. The van der Waals surface area contributed by atoms with Crippen molar-refractivity contribution in [2.24, 2.45) is 22.7 Å². The van der Waals surface area contributed by atoms with Gasteiger partial charge in [0.25, 0.3) is 0 Å². The van der Waals surface area contributed by atoms with E-state index in [1.807, 2.05) is 13.8 Å². The molecule has 1 aliphatic heterocycles. The summed E-state index contributed by atoms with van der Waals surface area (Å²) in [5.74, 6) is -7.81. The highest BCUT2D eigenvalue weighted by atomic mass is 19.4. The van der Waals surface area contributed by atoms with Crippen molar-refractivity contribution in [3.05, 3.63) is 46.5 Å². The number of allylic oxidation sites excluding steroid dienone is 1. The molecule has 10 heteroatoms. The van der Waals surface area contributed by atoms with Gasteiger partial charge in [-0.3, -0.25) is 0 Å². The van der Waals surface area contributed by atoms with E-state index in [0.717, 1.165) is 11.1 Å². The Morgan fingerprint density at radius 1 is 0.864 bits per heavy atom. The molecule has 0 amide bonds. The smallest absolute Gasteiger partial charge is 0.386 e. The topological polar surface area (TPSA) is 79.2 Å². The van der Waals surface area contributed by atoms with Crippen LogP contribution in [0.15, 0.2) is 35.4 Å². The van der Waals surface area contributed by atoms with Gasteiger partial charge in [-0.05, 0) is 80.9 Å². The van der Waals surface area contributed by atoms with E-state index in [9.17, 15) is 28.5 Å². The lowest BCUT2D eigenvalue weighted by Crippen LogP contribution is -2.65. The second-order valence-electron chi connectivity index (χ2n) is 15.9. The molecule has 5 nitrogen and oxygen atoms in total. The van der Waals surface area contributed by atoms with E-state index in [0.29, 0.717) is 50.0 Å². The normalized spacial score (nSPS) is 38.7. The molecular formula is C34H45F5O5. The van der Waals surface area contributed by atoms with E-state index in [4.69, 9.17) is 9.47 Å². The first kappa shape index (κ1) is 32.4. The van der Waals surface area contributed by atoms with Crippen LogP contribution in [0, 0.1) is 22.7 Å². The van der Waals surface area contributed by atoms with Crippen LogP contribution in [0.25, 0.3) is 0 Å². The van der Waals surface area contributed by atoms with Crippen LogP contribution in [0.5, 0.6) is 0 Å². The predicted octanol–water partition coefficient (Wildman–Crippen LogP) is 7.14. The van der Waals surface area contributed by atoms with E-state index in [1.54, 1.807) is 38.1 Å². The zero-order valence-electron chi connectivity index (χ0n) is 26.2. The molecule has 6 rings (SSSR count). The maximum Gasteiger partial charge on any atom is 0.456 e. The highest BCUT2D eigenvalue weighted by Crippen LogP contribution is 2.71. The molecule has 6 atom stereocenters. The summed E-state index contributed by atoms with van der Waals surface area (Å²) in [4.78, 5) is 0. The van der Waals surface area contributed by atoms with Crippen LogP contribution in [-0.2, 0) is 15.1 Å². The summed E-state index contributed by atoms with van der Waals surface area (Å²) in [5.41, 5.74) is -4.53. The number of rotatable bonds is 3. The van der Waals surface area contributed by atoms with Gasteiger partial charge >= 0.3 is 12.1 Å². The molecule has 5 aliphatic rings. The molecule has 3 N–H and O–H groups in total. The number of hydrogen-bond acceptors (Lipinski definition) is 5. The van der Waals surface area contributed by atoms with Crippen LogP contribution in [0.2, 0.25) is 0 Å². The fraction of sp³-hybridized carbons (Fsp3) is 0.765. The second-order valence-corrected chi connectivity index (χ2v) is 15.9. The van der Waals surface area contributed by atoms with Crippen LogP contribution < -0.4 is 0 Å². The van der Waals surface area contributed by atoms with E-state index in [1.165, 1.54) is 6.92 Å². The number of aliphatic hydroxyl groups is 3. The van der Waals surface area contributed by atoms with Crippen molar-refractivity contribution in [2.75, 3.05) is 13.2 Å². The zero-order valence-corrected chi connectivity index (χ0v) is 26.2. The van der Waals surface area contributed by atoms with Gasteiger partial charge in [-0.15, -0.1) is 0 Å². The molecule has 0 radical (unpaired) electrons. The van der Waals surface area contributed by atoms with Crippen molar-refractivity contribution in [1.82, 2.24) is 0 Å². The van der Waals surface area contributed by atoms with Crippen LogP contribution in [0.1, 0.15) is 103 Å². The Morgan fingerprint density at radius 2 is 1.48 bits per heavy atom. The Morgan fingerprint density at radius 3 is 2.05 bits per heavy atom. The van der Waals surface area contributed by atoms with Crippen molar-refractivity contribution in [3.63, 3.8) is 0 Å². The highest BCUT2D eigenvalue weighted by Gasteiger charge is 2.79. The SMILES string of the molecule is CC1(C)COC2(CCC3=C4C(CCC3(O)C2)C2CC[C@@](O)(C(F)(F)C(F)(F)F)[C@@]2(C)C[C@@H]4c2ccc(C(C)(C)O)cc2)OC1. The van der Waals surface area contributed by atoms with Gasteiger partial charge in [-0.25, -0.2) is 0 Å². The Labute approximate surface area is 255 Å². The van der Waals surface area contributed by atoms with Crippen molar-refractivity contribution < 1.29 is 46.7 Å². The number of halogens is 5. The van der Waals surface area contributed by atoms with E-state index in [-0.39, 0.29) is 30.6 Å². The number of fused-ring (bicyclic) bond motifs is 4. The summed E-state index contributed by atoms with van der Waals surface area (Å²) < 4.78 is 84.7. The molecule has 1 saturated heterocycles. The number of hydrogen-bond donors (Lipinski definition) is 3. The Balaban J connectivity index is 1.46. The number of benzene rings is 1. The summed E-state index contributed by atoms with van der Waals surface area (Å²) in [5, 5.41) is 34.3. The zero-order chi connectivity index (χ0) is 32.4. The third-order valence-corrected chi connectivity index (χ3v) is 11.9. The number of alkyl halides is 5. The Hall–Kier alpha value is -1.59. The van der Waals surface area contributed by atoms with E-state index >= 15 is 8.78 Å². The molecular weight excluding hydrogens is 583 g/mol. The van der Waals surface area contributed by atoms with Crippen molar-refractivity contribution in [3.8, 4) is 0 Å². The molecule has 3 unspecified atom stereocenters. The molecule has 0 bridgehead atoms. The second kappa shape index (κ2) is 9.72. The summed E-state index contributed by atoms with van der Waals surface area (Å²) in [7, 11) is 0. The number of ether oxygens (including phenoxy) is 2. The first-order valence-electron chi connectivity index (χ1n) is 15.8.